The number of fused-ring (bicyclic) bond motifs is 1. The first-order valence-corrected chi connectivity index (χ1v) is 10.0. The number of hydrogen-bond acceptors (Lipinski definition) is 2. The van der Waals surface area contributed by atoms with E-state index in [-0.39, 0.29) is 0 Å². The second-order valence-electron chi connectivity index (χ2n) is 7.53. The summed E-state index contributed by atoms with van der Waals surface area (Å²) in [6, 6.07) is 16.5. The van der Waals surface area contributed by atoms with Gasteiger partial charge in [-0.15, -0.1) is 0 Å². The zero-order valence-electron chi connectivity index (χ0n) is 15.9. The van der Waals surface area contributed by atoms with Crippen LogP contribution in [-0.4, -0.2) is 28.6 Å². The van der Waals surface area contributed by atoms with Crippen molar-refractivity contribution in [2.75, 3.05) is 6.54 Å². The van der Waals surface area contributed by atoms with Crippen molar-refractivity contribution in [3.8, 4) is 0 Å². The van der Waals surface area contributed by atoms with Crippen LogP contribution in [0.4, 0.5) is 0 Å². The lowest BCUT2D eigenvalue weighted by molar-refractivity contribution is 0.0697. The zero-order valence-corrected chi connectivity index (χ0v) is 15.9. The molecule has 4 heteroatoms. The number of rotatable bonds is 7. The lowest BCUT2D eigenvalue weighted by Crippen LogP contribution is -2.32. The lowest BCUT2D eigenvalue weighted by atomic mass is 9.92. The summed E-state index contributed by atoms with van der Waals surface area (Å²) in [6.07, 6.45) is 9.93. The molecule has 28 heavy (non-hydrogen) atoms. The van der Waals surface area contributed by atoms with Crippen LogP contribution in [0, 0.1) is 0 Å². The molecule has 3 N–H and O–H groups in total. The fraction of sp³-hybridized carbons (Fsp3) is 0.292. The molecule has 0 aliphatic carbocycles. The molecule has 0 saturated carbocycles. The van der Waals surface area contributed by atoms with Gasteiger partial charge in [0, 0.05) is 29.7 Å². The number of carbonyl (C=O) groups is 1. The molecule has 0 bridgehead atoms. The van der Waals surface area contributed by atoms with Gasteiger partial charge in [-0.2, -0.15) is 0 Å². The van der Waals surface area contributed by atoms with Gasteiger partial charge in [-0.25, -0.2) is 4.79 Å². The van der Waals surface area contributed by atoms with Crippen molar-refractivity contribution >= 4 is 22.4 Å². The highest BCUT2D eigenvalue weighted by atomic mass is 16.4. The summed E-state index contributed by atoms with van der Waals surface area (Å²) in [7, 11) is 0. The van der Waals surface area contributed by atoms with E-state index in [2.05, 4.69) is 46.7 Å². The van der Waals surface area contributed by atoms with Crippen LogP contribution >= 0.6 is 0 Å². The largest absolute Gasteiger partial charge is 0.478 e. The Morgan fingerprint density at radius 2 is 1.96 bits per heavy atom. The van der Waals surface area contributed by atoms with Crippen molar-refractivity contribution in [2.24, 2.45) is 0 Å². The Morgan fingerprint density at radius 3 is 2.79 bits per heavy atom. The number of aromatic carboxylic acids is 1. The maximum Gasteiger partial charge on any atom is 0.335 e. The van der Waals surface area contributed by atoms with Gasteiger partial charge in [0.1, 0.15) is 0 Å². The van der Waals surface area contributed by atoms with Crippen LogP contribution in [0.25, 0.3) is 16.5 Å². The van der Waals surface area contributed by atoms with Crippen molar-refractivity contribution in [3.63, 3.8) is 0 Å². The second-order valence-corrected chi connectivity index (χ2v) is 7.53. The molecule has 1 aromatic heterocycles. The molecular weight excluding hydrogens is 348 g/mol. The van der Waals surface area contributed by atoms with Gasteiger partial charge in [-0.05, 0) is 54.5 Å². The van der Waals surface area contributed by atoms with Crippen LogP contribution < -0.4 is 5.32 Å². The van der Waals surface area contributed by atoms with Crippen molar-refractivity contribution in [1.29, 1.82) is 0 Å². The summed E-state index contributed by atoms with van der Waals surface area (Å²) in [6.45, 7) is 0.948. The van der Waals surface area contributed by atoms with Crippen molar-refractivity contribution in [1.82, 2.24) is 10.3 Å². The Morgan fingerprint density at radius 1 is 1.11 bits per heavy atom. The summed E-state index contributed by atoms with van der Waals surface area (Å²) in [5, 5.41) is 13.9. The van der Waals surface area contributed by atoms with E-state index in [0.717, 1.165) is 36.7 Å². The van der Waals surface area contributed by atoms with Gasteiger partial charge < -0.3 is 15.4 Å². The molecule has 0 spiro atoms. The van der Waals surface area contributed by atoms with Gasteiger partial charge in [-0.1, -0.05) is 48.9 Å². The number of benzene rings is 2. The summed E-state index contributed by atoms with van der Waals surface area (Å²) >= 11 is 0. The molecule has 0 radical (unpaired) electrons. The molecule has 0 saturated heterocycles. The summed E-state index contributed by atoms with van der Waals surface area (Å²) in [5.41, 5.74) is 5.30. The average Bonchev–Trinajstić information content (AvgIpc) is 3.14. The number of carboxylic acid groups (broad SMARTS) is 1. The predicted molar refractivity (Wildman–Crippen MR) is 114 cm³/mol. The van der Waals surface area contributed by atoms with E-state index >= 15 is 0 Å². The monoisotopic (exact) mass is 374 g/mol. The van der Waals surface area contributed by atoms with Crippen LogP contribution in [0.5, 0.6) is 0 Å². The van der Waals surface area contributed by atoms with E-state index in [0.29, 0.717) is 11.6 Å². The number of unbranched alkanes of at least 4 members (excludes halogenated alkanes) is 1. The minimum atomic E-state index is -0.887. The Bertz CT molecular complexity index is 988. The number of hydrogen-bond donors (Lipinski definition) is 3. The quantitative estimate of drug-likeness (QED) is 0.509. The lowest BCUT2D eigenvalue weighted by Gasteiger charge is -2.24. The molecule has 1 atom stereocenters. The fourth-order valence-corrected chi connectivity index (χ4v) is 4.09. The SMILES string of the molecule is O=C(O)c1ccc2c(CCCCC3CC(c4ccccc4)=CCN3)c[nH]c2c1. The van der Waals surface area contributed by atoms with Gasteiger partial charge in [-0.3, -0.25) is 0 Å². The zero-order chi connectivity index (χ0) is 19.3. The Labute approximate surface area is 165 Å². The molecule has 0 fully saturated rings. The molecule has 1 aliphatic rings. The first kappa shape index (κ1) is 18.5. The van der Waals surface area contributed by atoms with Gasteiger partial charge in [0.2, 0.25) is 0 Å². The molecule has 0 amide bonds. The molecule has 3 aromatic rings. The minimum Gasteiger partial charge on any atom is -0.478 e. The average molecular weight is 374 g/mol. The van der Waals surface area contributed by atoms with Crippen LogP contribution in [0.15, 0.2) is 60.8 Å². The molecule has 4 nitrogen and oxygen atoms in total. The number of H-pyrrole nitrogens is 1. The van der Waals surface area contributed by atoms with Crippen LogP contribution in [0.3, 0.4) is 0 Å². The number of nitrogens with one attached hydrogen (secondary N) is 2. The number of aromatic amines is 1. The molecule has 144 valence electrons. The van der Waals surface area contributed by atoms with E-state index in [1.165, 1.54) is 29.5 Å². The molecule has 2 aromatic carbocycles. The predicted octanol–water partition coefficient (Wildman–Crippen LogP) is 5.02. The summed E-state index contributed by atoms with van der Waals surface area (Å²) in [5.74, 6) is -0.887. The van der Waals surface area contributed by atoms with E-state index in [9.17, 15) is 4.79 Å². The Balaban J connectivity index is 1.29. The molecular formula is C24H26N2O2. The minimum absolute atomic E-state index is 0.326. The van der Waals surface area contributed by atoms with Crippen LogP contribution in [0.1, 0.15) is 47.2 Å². The molecule has 4 rings (SSSR count). The maximum absolute atomic E-state index is 11.1. The summed E-state index contributed by atoms with van der Waals surface area (Å²) < 4.78 is 0. The maximum atomic E-state index is 11.1. The number of aryl methyl sites for hydroxylation is 1. The van der Waals surface area contributed by atoms with Gasteiger partial charge in [0.25, 0.3) is 0 Å². The highest BCUT2D eigenvalue weighted by Crippen LogP contribution is 2.25. The second kappa shape index (κ2) is 8.44. The smallest absolute Gasteiger partial charge is 0.335 e. The van der Waals surface area contributed by atoms with Crippen molar-refractivity contribution in [2.45, 2.75) is 38.1 Å². The first-order valence-electron chi connectivity index (χ1n) is 10.0. The van der Waals surface area contributed by atoms with Gasteiger partial charge in [0.15, 0.2) is 0 Å². The normalized spacial score (nSPS) is 16.9. The van der Waals surface area contributed by atoms with E-state index in [4.69, 9.17) is 5.11 Å². The van der Waals surface area contributed by atoms with E-state index < -0.39 is 5.97 Å². The standard InChI is InChI=1S/C24H26N2O2/c27-24(28)19-10-11-22-20(16-26-23(22)15-19)8-4-5-9-21-14-18(12-13-25-21)17-6-2-1-3-7-17/h1-3,6-7,10-12,15-16,21,25-26H,4-5,8-9,13-14H2,(H,27,28). The fourth-order valence-electron chi connectivity index (χ4n) is 4.09. The third-order valence-electron chi connectivity index (χ3n) is 5.63. The van der Waals surface area contributed by atoms with Gasteiger partial charge in [0.05, 0.1) is 5.56 Å². The van der Waals surface area contributed by atoms with E-state index in [1.807, 2.05) is 12.3 Å². The van der Waals surface area contributed by atoms with Gasteiger partial charge >= 0.3 is 5.97 Å². The van der Waals surface area contributed by atoms with E-state index in [1.54, 1.807) is 12.1 Å². The molecule has 1 aliphatic heterocycles. The third-order valence-corrected chi connectivity index (χ3v) is 5.63. The molecule has 2 heterocycles. The summed E-state index contributed by atoms with van der Waals surface area (Å²) in [4.78, 5) is 14.3. The number of carboxylic acids is 1. The Hall–Kier alpha value is -2.85. The number of aromatic nitrogens is 1. The highest BCUT2D eigenvalue weighted by molar-refractivity contribution is 5.94. The molecule has 1 unspecified atom stereocenters. The van der Waals surface area contributed by atoms with Crippen molar-refractivity contribution < 1.29 is 9.90 Å². The Kier molecular flexibility index (Phi) is 5.58. The van der Waals surface area contributed by atoms with Crippen LogP contribution in [0.2, 0.25) is 0 Å². The van der Waals surface area contributed by atoms with Crippen LogP contribution in [-0.2, 0) is 6.42 Å². The first-order chi connectivity index (χ1) is 13.7. The van der Waals surface area contributed by atoms with Crippen molar-refractivity contribution in [3.05, 3.63) is 77.5 Å². The topological polar surface area (TPSA) is 65.1 Å². The highest BCUT2D eigenvalue weighted by Gasteiger charge is 2.15. The third kappa shape index (κ3) is 4.18.